The topological polar surface area (TPSA) is 57.4 Å². The fraction of sp³-hybridized carbons (Fsp3) is 0.192. The number of carbonyl (C=O) groups is 1. The average Bonchev–Trinajstić information content (AvgIpc) is 3.20. The van der Waals surface area contributed by atoms with Gasteiger partial charge in [0.15, 0.2) is 0 Å². The van der Waals surface area contributed by atoms with Crippen molar-refractivity contribution in [2.45, 2.75) is 19.4 Å². The number of carbonyl (C=O) groups excluding carboxylic acids is 1. The van der Waals surface area contributed by atoms with Gasteiger partial charge in [-0.1, -0.05) is 48.0 Å². The van der Waals surface area contributed by atoms with Gasteiger partial charge in [0.2, 0.25) is 0 Å². The molecule has 5 rings (SSSR count). The van der Waals surface area contributed by atoms with Gasteiger partial charge in [0, 0.05) is 33.9 Å². The zero-order valence-corrected chi connectivity index (χ0v) is 18.7. The highest BCUT2D eigenvalue weighted by atomic mass is 35.5. The maximum atomic E-state index is 13.5. The first-order valence-corrected chi connectivity index (χ1v) is 11.0. The van der Waals surface area contributed by atoms with Crippen molar-refractivity contribution >= 4 is 34.2 Å². The number of anilines is 1. The molecule has 1 aromatic heterocycles. The third-order valence-corrected chi connectivity index (χ3v) is 6.62. The number of ether oxygens (including phenoxy) is 1. The van der Waals surface area contributed by atoms with Gasteiger partial charge in [0.25, 0.3) is 0 Å². The number of fused-ring (bicyclic) bond motifs is 3. The molecular formula is C26H24ClN3O2. The van der Waals surface area contributed by atoms with Crippen LogP contribution in [0.5, 0.6) is 5.75 Å². The van der Waals surface area contributed by atoms with E-state index >= 15 is 0 Å². The van der Waals surface area contributed by atoms with Crippen LogP contribution in [-0.2, 0) is 6.42 Å². The molecule has 1 aliphatic heterocycles. The SMILES string of the molecule is COc1cccc(C2c3[nH]c4ccccc4c3CCN2C(=O)Nc2cccc(Cl)c2C)c1. The van der Waals surface area contributed by atoms with E-state index in [9.17, 15) is 4.79 Å². The minimum atomic E-state index is -0.263. The van der Waals surface area contributed by atoms with Gasteiger partial charge in [-0.2, -0.15) is 0 Å². The number of nitrogens with zero attached hydrogens (tertiary/aromatic N) is 1. The van der Waals surface area contributed by atoms with Crippen molar-refractivity contribution in [3.05, 3.63) is 94.1 Å². The van der Waals surface area contributed by atoms with Gasteiger partial charge in [0.1, 0.15) is 5.75 Å². The molecule has 4 aromatic rings. The summed E-state index contributed by atoms with van der Waals surface area (Å²) in [6.07, 6.45) is 0.780. The van der Waals surface area contributed by atoms with Gasteiger partial charge >= 0.3 is 6.03 Å². The summed E-state index contributed by atoms with van der Waals surface area (Å²) in [5, 5.41) is 4.91. The zero-order valence-electron chi connectivity index (χ0n) is 18.0. The lowest BCUT2D eigenvalue weighted by Crippen LogP contribution is -2.43. The average molecular weight is 446 g/mol. The van der Waals surface area contributed by atoms with Crippen molar-refractivity contribution in [1.82, 2.24) is 9.88 Å². The monoisotopic (exact) mass is 445 g/mol. The Hall–Kier alpha value is -3.44. The van der Waals surface area contributed by atoms with E-state index in [-0.39, 0.29) is 12.1 Å². The molecule has 3 aromatic carbocycles. The second-order valence-electron chi connectivity index (χ2n) is 8.03. The summed E-state index contributed by atoms with van der Waals surface area (Å²) >= 11 is 6.27. The number of benzene rings is 3. The molecule has 0 saturated carbocycles. The van der Waals surface area contributed by atoms with Crippen LogP contribution in [0.3, 0.4) is 0 Å². The minimum Gasteiger partial charge on any atom is -0.497 e. The molecule has 0 radical (unpaired) electrons. The van der Waals surface area contributed by atoms with Crippen LogP contribution in [0, 0.1) is 6.92 Å². The molecule has 0 aliphatic carbocycles. The summed E-state index contributed by atoms with van der Waals surface area (Å²) in [6, 6.07) is 21.3. The van der Waals surface area contributed by atoms with Crippen LogP contribution in [-0.4, -0.2) is 29.6 Å². The van der Waals surface area contributed by atoms with E-state index in [0.29, 0.717) is 17.3 Å². The fourth-order valence-electron chi connectivity index (χ4n) is 4.55. The molecular weight excluding hydrogens is 422 g/mol. The summed E-state index contributed by atoms with van der Waals surface area (Å²) in [6.45, 7) is 2.51. The number of hydrogen-bond acceptors (Lipinski definition) is 2. The Morgan fingerprint density at radius 1 is 1.12 bits per heavy atom. The van der Waals surface area contributed by atoms with Crippen molar-refractivity contribution in [3.8, 4) is 5.75 Å². The number of para-hydroxylation sites is 1. The van der Waals surface area contributed by atoms with Crippen molar-refractivity contribution in [2.24, 2.45) is 0 Å². The van der Waals surface area contributed by atoms with E-state index in [4.69, 9.17) is 16.3 Å². The van der Waals surface area contributed by atoms with E-state index in [1.807, 2.05) is 60.4 Å². The first-order valence-electron chi connectivity index (χ1n) is 10.6. The van der Waals surface area contributed by atoms with Gasteiger partial charge < -0.3 is 19.9 Å². The lowest BCUT2D eigenvalue weighted by atomic mass is 9.92. The number of halogens is 1. The maximum Gasteiger partial charge on any atom is 0.322 e. The highest BCUT2D eigenvalue weighted by molar-refractivity contribution is 6.31. The number of hydrogen-bond donors (Lipinski definition) is 2. The van der Waals surface area contributed by atoms with E-state index < -0.39 is 0 Å². The van der Waals surface area contributed by atoms with Crippen molar-refractivity contribution < 1.29 is 9.53 Å². The quantitative estimate of drug-likeness (QED) is 0.387. The van der Waals surface area contributed by atoms with E-state index in [1.54, 1.807) is 7.11 Å². The van der Waals surface area contributed by atoms with Crippen LogP contribution in [0.15, 0.2) is 66.7 Å². The third kappa shape index (κ3) is 3.49. The number of rotatable bonds is 3. The molecule has 2 heterocycles. The number of urea groups is 1. The zero-order chi connectivity index (χ0) is 22.2. The Morgan fingerprint density at radius 2 is 1.94 bits per heavy atom. The lowest BCUT2D eigenvalue weighted by molar-refractivity contribution is 0.193. The Labute approximate surface area is 192 Å². The number of H-pyrrole nitrogens is 1. The summed E-state index contributed by atoms with van der Waals surface area (Å²) in [4.78, 5) is 19.0. The van der Waals surface area contributed by atoms with Gasteiger partial charge in [-0.3, -0.25) is 0 Å². The highest BCUT2D eigenvalue weighted by Gasteiger charge is 2.35. The largest absolute Gasteiger partial charge is 0.497 e. The molecule has 162 valence electrons. The standard InChI is InChI=1S/C26H24ClN3O2/c1-16-21(27)10-6-12-22(16)29-26(31)30-14-13-20-19-9-3-4-11-23(19)28-24(20)25(30)17-7-5-8-18(15-17)32-2/h3-12,15,25,28H,13-14H2,1-2H3,(H,29,31). The molecule has 0 saturated heterocycles. The van der Waals surface area contributed by atoms with Crippen LogP contribution in [0.25, 0.3) is 10.9 Å². The predicted molar refractivity (Wildman–Crippen MR) is 129 cm³/mol. The summed E-state index contributed by atoms with van der Waals surface area (Å²) < 4.78 is 5.47. The Bertz CT molecular complexity index is 1310. The summed E-state index contributed by atoms with van der Waals surface area (Å²) in [7, 11) is 1.65. The summed E-state index contributed by atoms with van der Waals surface area (Å²) in [5.41, 5.74) is 5.95. The molecule has 0 spiro atoms. The molecule has 32 heavy (non-hydrogen) atoms. The van der Waals surface area contributed by atoms with Gasteiger partial charge in [-0.25, -0.2) is 4.79 Å². The van der Waals surface area contributed by atoms with Crippen LogP contribution < -0.4 is 10.1 Å². The minimum absolute atomic E-state index is 0.160. The maximum absolute atomic E-state index is 13.5. The third-order valence-electron chi connectivity index (χ3n) is 6.21. The molecule has 2 amide bonds. The van der Waals surface area contributed by atoms with Crippen LogP contribution in [0.4, 0.5) is 10.5 Å². The fourth-order valence-corrected chi connectivity index (χ4v) is 4.72. The molecule has 1 unspecified atom stereocenters. The van der Waals surface area contributed by atoms with E-state index in [0.717, 1.165) is 34.5 Å². The van der Waals surface area contributed by atoms with Crippen LogP contribution >= 0.6 is 11.6 Å². The first-order chi connectivity index (χ1) is 15.6. The molecule has 1 aliphatic rings. The van der Waals surface area contributed by atoms with Crippen LogP contribution in [0.1, 0.15) is 28.4 Å². The number of methoxy groups -OCH3 is 1. The number of aromatic amines is 1. The number of nitrogens with one attached hydrogen (secondary N) is 2. The lowest BCUT2D eigenvalue weighted by Gasteiger charge is -2.36. The van der Waals surface area contributed by atoms with Crippen molar-refractivity contribution in [3.63, 3.8) is 0 Å². The molecule has 0 fully saturated rings. The second kappa shape index (κ2) is 8.24. The van der Waals surface area contributed by atoms with Gasteiger partial charge in [-0.05, 0) is 60.4 Å². The van der Waals surface area contributed by atoms with Gasteiger partial charge in [-0.15, -0.1) is 0 Å². The van der Waals surface area contributed by atoms with E-state index in [1.165, 1.54) is 10.9 Å². The normalized spacial score (nSPS) is 15.5. The Kier molecular flexibility index (Phi) is 5.27. The Balaban J connectivity index is 1.59. The first kappa shape index (κ1) is 20.5. The smallest absolute Gasteiger partial charge is 0.322 e. The highest BCUT2D eigenvalue weighted by Crippen LogP contribution is 2.39. The molecule has 2 N–H and O–H groups in total. The second-order valence-corrected chi connectivity index (χ2v) is 8.44. The summed E-state index contributed by atoms with van der Waals surface area (Å²) in [5.74, 6) is 0.761. The van der Waals surface area contributed by atoms with Crippen molar-refractivity contribution in [2.75, 3.05) is 19.0 Å². The molecule has 5 nitrogen and oxygen atoms in total. The molecule has 6 heteroatoms. The predicted octanol–water partition coefficient (Wildman–Crippen LogP) is 6.32. The number of amides is 2. The molecule has 0 bridgehead atoms. The molecule has 1 atom stereocenters. The van der Waals surface area contributed by atoms with Crippen LogP contribution in [0.2, 0.25) is 5.02 Å². The van der Waals surface area contributed by atoms with Crippen molar-refractivity contribution in [1.29, 1.82) is 0 Å². The van der Waals surface area contributed by atoms with Gasteiger partial charge in [0.05, 0.1) is 13.2 Å². The number of aromatic nitrogens is 1. The van der Waals surface area contributed by atoms with E-state index in [2.05, 4.69) is 28.5 Å². The Morgan fingerprint density at radius 3 is 2.78 bits per heavy atom.